The highest BCUT2D eigenvalue weighted by Gasteiger charge is 2.29. The van der Waals surface area contributed by atoms with E-state index in [-0.39, 0.29) is 11.8 Å². The lowest BCUT2D eigenvalue weighted by molar-refractivity contribution is 0.393. The van der Waals surface area contributed by atoms with Crippen LogP contribution in [0.3, 0.4) is 0 Å². The van der Waals surface area contributed by atoms with Crippen molar-refractivity contribution < 1.29 is 4.74 Å². The Bertz CT molecular complexity index is 723. The van der Waals surface area contributed by atoms with Crippen LogP contribution in [0.1, 0.15) is 22.6 Å². The van der Waals surface area contributed by atoms with Gasteiger partial charge in [-0.1, -0.05) is 48.0 Å². The van der Waals surface area contributed by atoms with Crippen LogP contribution in [0.5, 0.6) is 5.75 Å². The first-order valence-electron chi connectivity index (χ1n) is 6.44. The molecule has 0 saturated heterocycles. The van der Waals surface area contributed by atoms with Crippen molar-refractivity contribution in [2.24, 2.45) is 5.73 Å². The van der Waals surface area contributed by atoms with Gasteiger partial charge in [-0.2, -0.15) is 5.26 Å². The number of para-hydroxylation sites is 1. The topological polar surface area (TPSA) is 59.0 Å². The maximum Gasteiger partial charge on any atom is 0.205 e. The number of fused-ring (bicyclic) bond motifs is 1. The van der Waals surface area contributed by atoms with Gasteiger partial charge in [-0.25, -0.2) is 0 Å². The Kier molecular flexibility index (Phi) is 2.92. The van der Waals surface area contributed by atoms with Crippen molar-refractivity contribution in [2.75, 3.05) is 0 Å². The van der Waals surface area contributed by atoms with Gasteiger partial charge in [-0.15, -0.1) is 0 Å². The maximum atomic E-state index is 9.41. The zero-order chi connectivity index (χ0) is 14.1. The van der Waals surface area contributed by atoms with Gasteiger partial charge in [0.05, 0.1) is 5.92 Å². The second-order valence-electron chi connectivity index (χ2n) is 4.87. The third-order valence-electron chi connectivity index (χ3n) is 3.54. The molecule has 0 bridgehead atoms. The highest BCUT2D eigenvalue weighted by molar-refractivity contribution is 5.55. The van der Waals surface area contributed by atoms with Crippen LogP contribution in [0, 0.1) is 18.3 Å². The molecule has 20 heavy (non-hydrogen) atoms. The number of allylic oxidation sites excluding steroid dienone is 1. The summed E-state index contributed by atoms with van der Waals surface area (Å²) in [5, 5.41) is 9.41. The van der Waals surface area contributed by atoms with E-state index in [0.717, 1.165) is 16.9 Å². The number of benzene rings is 2. The zero-order valence-corrected chi connectivity index (χ0v) is 11.1. The van der Waals surface area contributed by atoms with Crippen molar-refractivity contribution in [2.45, 2.75) is 12.8 Å². The van der Waals surface area contributed by atoms with E-state index in [1.165, 1.54) is 5.56 Å². The van der Waals surface area contributed by atoms with Gasteiger partial charge in [-0.05, 0) is 18.6 Å². The molecular formula is C17H14N2O. The number of nitriles is 1. The van der Waals surface area contributed by atoms with Gasteiger partial charge in [0, 0.05) is 5.56 Å². The lowest BCUT2D eigenvalue weighted by Gasteiger charge is -2.26. The van der Waals surface area contributed by atoms with Crippen LogP contribution in [-0.4, -0.2) is 0 Å². The largest absolute Gasteiger partial charge is 0.440 e. The molecule has 3 rings (SSSR count). The number of hydrogen-bond donors (Lipinski definition) is 1. The lowest BCUT2D eigenvalue weighted by Crippen LogP contribution is -2.20. The summed E-state index contributed by atoms with van der Waals surface area (Å²) in [4.78, 5) is 0. The summed E-state index contributed by atoms with van der Waals surface area (Å²) in [5.41, 5.74) is 9.57. The van der Waals surface area contributed by atoms with E-state index in [0.29, 0.717) is 5.57 Å². The molecule has 1 aliphatic rings. The third kappa shape index (κ3) is 1.92. The number of aryl methyl sites for hydroxylation is 1. The van der Waals surface area contributed by atoms with Gasteiger partial charge in [0.25, 0.3) is 0 Å². The average Bonchev–Trinajstić information content (AvgIpc) is 2.47. The Hall–Kier alpha value is -2.73. The standard InChI is InChI=1S/C17H14N2O/c1-11-6-8-12(9-7-11)16-13-4-2-3-5-15(13)20-17(19)14(16)10-18/h2-9,16H,19H2,1H3/t16-/m0/s1. The fourth-order valence-corrected chi connectivity index (χ4v) is 2.51. The Labute approximate surface area is 117 Å². The van der Waals surface area contributed by atoms with Gasteiger partial charge in [-0.3, -0.25) is 0 Å². The van der Waals surface area contributed by atoms with Crippen molar-refractivity contribution in [1.29, 1.82) is 5.26 Å². The van der Waals surface area contributed by atoms with Crippen LogP contribution in [0.25, 0.3) is 0 Å². The first-order valence-corrected chi connectivity index (χ1v) is 6.44. The van der Waals surface area contributed by atoms with Crippen LogP contribution in [0.15, 0.2) is 60.0 Å². The van der Waals surface area contributed by atoms with Crippen LogP contribution in [-0.2, 0) is 0 Å². The first-order chi connectivity index (χ1) is 9.70. The quantitative estimate of drug-likeness (QED) is 0.858. The van der Waals surface area contributed by atoms with E-state index in [4.69, 9.17) is 10.5 Å². The SMILES string of the molecule is Cc1ccc([C@@H]2C(C#N)=C(N)Oc3ccccc32)cc1. The molecule has 0 aromatic heterocycles. The molecule has 0 aliphatic carbocycles. The van der Waals surface area contributed by atoms with Crippen LogP contribution in [0.4, 0.5) is 0 Å². The highest BCUT2D eigenvalue weighted by Crippen LogP contribution is 2.41. The third-order valence-corrected chi connectivity index (χ3v) is 3.54. The number of nitrogens with two attached hydrogens (primary N) is 1. The Balaban J connectivity index is 2.20. The Morgan fingerprint density at radius 2 is 1.80 bits per heavy atom. The summed E-state index contributed by atoms with van der Waals surface area (Å²) in [7, 11) is 0. The molecule has 0 fully saturated rings. The number of hydrogen-bond acceptors (Lipinski definition) is 3. The fraction of sp³-hybridized carbons (Fsp3) is 0.118. The predicted octanol–water partition coefficient (Wildman–Crippen LogP) is 3.21. The van der Waals surface area contributed by atoms with E-state index in [1.54, 1.807) is 0 Å². The number of nitrogens with zero attached hydrogens (tertiary/aromatic N) is 1. The smallest absolute Gasteiger partial charge is 0.205 e. The summed E-state index contributed by atoms with van der Waals surface area (Å²) < 4.78 is 5.55. The molecule has 1 aliphatic heterocycles. The van der Waals surface area contributed by atoms with Gasteiger partial charge in [0.1, 0.15) is 17.4 Å². The van der Waals surface area contributed by atoms with E-state index < -0.39 is 0 Å². The summed E-state index contributed by atoms with van der Waals surface area (Å²) in [5.74, 6) is 0.747. The normalized spacial score (nSPS) is 17.1. The minimum atomic E-state index is -0.162. The van der Waals surface area contributed by atoms with Gasteiger partial charge in [0.2, 0.25) is 5.88 Å². The van der Waals surface area contributed by atoms with Crippen LogP contribution >= 0.6 is 0 Å². The Morgan fingerprint density at radius 3 is 2.50 bits per heavy atom. The molecule has 0 unspecified atom stereocenters. The van der Waals surface area contributed by atoms with E-state index in [2.05, 4.69) is 6.07 Å². The molecule has 2 aromatic carbocycles. The molecular weight excluding hydrogens is 248 g/mol. The second kappa shape index (κ2) is 4.75. The van der Waals surface area contributed by atoms with E-state index >= 15 is 0 Å². The van der Waals surface area contributed by atoms with Crippen molar-refractivity contribution in [3.8, 4) is 11.8 Å². The molecule has 98 valence electrons. The average molecular weight is 262 g/mol. The highest BCUT2D eigenvalue weighted by atomic mass is 16.5. The summed E-state index contributed by atoms with van der Waals surface area (Å²) >= 11 is 0. The van der Waals surface area contributed by atoms with Crippen LogP contribution < -0.4 is 10.5 Å². The molecule has 0 radical (unpaired) electrons. The van der Waals surface area contributed by atoms with Gasteiger partial charge >= 0.3 is 0 Å². The molecule has 3 nitrogen and oxygen atoms in total. The number of rotatable bonds is 1. The summed E-state index contributed by atoms with van der Waals surface area (Å²) in [6.07, 6.45) is 0. The molecule has 2 aromatic rings. The molecule has 1 atom stereocenters. The number of ether oxygens (including phenoxy) is 1. The van der Waals surface area contributed by atoms with Crippen molar-refractivity contribution in [1.82, 2.24) is 0 Å². The van der Waals surface area contributed by atoms with Gasteiger partial charge in [0.15, 0.2) is 0 Å². The monoisotopic (exact) mass is 262 g/mol. The van der Waals surface area contributed by atoms with Crippen molar-refractivity contribution in [3.63, 3.8) is 0 Å². The lowest BCUT2D eigenvalue weighted by atomic mass is 9.83. The minimum absolute atomic E-state index is 0.162. The summed E-state index contributed by atoms with van der Waals surface area (Å²) in [6, 6.07) is 18.0. The van der Waals surface area contributed by atoms with E-state index in [1.807, 2.05) is 55.5 Å². The minimum Gasteiger partial charge on any atom is -0.440 e. The molecule has 0 spiro atoms. The molecule has 3 heteroatoms. The molecule has 2 N–H and O–H groups in total. The van der Waals surface area contributed by atoms with Crippen LogP contribution in [0.2, 0.25) is 0 Å². The van der Waals surface area contributed by atoms with Crippen molar-refractivity contribution >= 4 is 0 Å². The van der Waals surface area contributed by atoms with Crippen molar-refractivity contribution in [3.05, 3.63) is 76.7 Å². The van der Waals surface area contributed by atoms with Gasteiger partial charge < -0.3 is 10.5 Å². The second-order valence-corrected chi connectivity index (χ2v) is 4.87. The molecule has 1 heterocycles. The molecule has 0 amide bonds. The maximum absolute atomic E-state index is 9.41. The summed E-state index contributed by atoms with van der Waals surface area (Å²) in [6.45, 7) is 2.04. The first kappa shape index (κ1) is 12.3. The predicted molar refractivity (Wildman–Crippen MR) is 76.9 cm³/mol. The molecule has 0 saturated carbocycles. The fourth-order valence-electron chi connectivity index (χ4n) is 2.51. The Morgan fingerprint density at radius 1 is 1.10 bits per heavy atom. The van der Waals surface area contributed by atoms with E-state index in [9.17, 15) is 5.26 Å². The zero-order valence-electron chi connectivity index (χ0n) is 11.1.